The first-order valence-electron chi connectivity index (χ1n) is 10.8. The molecule has 0 radical (unpaired) electrons. The molecule has 1 saturated heterocycles. The number of hydrogen-bond donors (Lipinski definition) is 3. The van der Waals surface area contributed by atoms with Crippen molar-refractivity contribution < 1.29 is 13.9 Å². The Morgan fingerprint density at radius 3 is 2.88 bits per heavy atom. The van der Waals surface area contributed by atoms with Crippen molar-refractivity contribution in [3.05, 3.63) is 60.3 Å². The monoisotopic (exact) mass is 449 g/mol. The van der Waals surface area contributed by atoms with Crippen LogP contribution in [0, 0.1) is 0 Å². The molecule has 1 aliphatic rings. The lowest BCUT2D eigenvalue weighted by Gasteiger charge is -2.15. The number of nitrogen functional groups attached to an aromatic ring is 1. The third kappa shape index (κ3) is 4.65. The predicted molar refractivity (Wildman–Crippen MR) is 124 cm³/mol. The van der Waals surface area contributed by atoms with Gasteiger partial charge in [0.25, 0.3) is 5.91 Å². The fourth-order valence-electron chi connectivity index (χ4n) is 3.90. The fourth-order valence-corrected chi connectivity index (χ4v) is 3.90. The van der Waals surface area contributed by atoms with Crippen molar-refractivity contribution in [1.29, 1.82) is 0 Å². The van der Waals surface area contributed by atoms with Gasteiger partial charge in [-0.1, -0.05) is 6.07 Å². The van der Waals surface area contributed by atoms with Gasteiger partial charge < -0.3 is 20.8 Å². The number of H-pyrrole nitrogens is 1. The molecule has 0 unspecified atom stereocenters. The molecular weight excluding hydrogens is 425 g/mol. The normalized spacial score (nSPS) is 16.3. The zero-order chi connectivity index (χ0) is 22.8. The number of alkyl halides is 1. The van der Waals surface area contributed by atoms with Crippen LogP contribution in [0.4, 0.5) is 22.0 Å². The SMILES string of the molecule is Nc1nc(Nc2ccc(OCCN3CC[C@H](F)C3)cc2)n(C(=O)c2ccc3cc[nH]c3c2)n1. The van der Waals surface area contributed by atoms with E-state index in [1.165, 1.54) is 0 Å². The van der Waals surface area contributed by atoms with Crippen molar-refractivity contribution in [1.82, 2.24) is 24.6 Å². The average Bonchev–Trinajstić information content (AvgIpc) is 3.54. The molecule has 33 heavy (non-hydrogen) atoms. The van der Waals surface area contributed by atoms with Gasteiger partial charge in [0.15, 0.2) is 0 Å². The standard InChI is InChI=1S/C23H24FN7O2/c24-17-8-10-30(14-17)11-12-33-19-5-3-18(4-6-19)27-23-28-22(25)29-31(23)21(32)16-2-1-15-7-9-26-20(15)13-16/h1-7,9,13,17,26H,8,10-12,14H2,(H3,25,27,28,29)/t17-/m0/s1. The fraction of sp³-hybridized carbons (Fsp3) is 0.261. The summed E-state index contributed by atoms with van der Waals surface area (Å²) in [4.78, 5) is 22.3. The van der Waals surface area contributed by atoms with Gasteiger partial charge in [-0.2, -0.15) is 9.67 Å². The Balaban J connectivity index is 1.24. The van der Waals surface area contributed by atoms with Gasteiger partial charge in [-0.25, -0.2) is 4.39 Å². The molecule has 1 atom stereocenters. The van der Waals surface area contributed by atoms with Gasteiger partial charge in [-0.15, -0.1) is 5.10 Å². The quantitative estimate of drug-likeness (QED) is 0.397. The van der Waals surface area contributed by atoms with Crippen LogP contribution in [-0.2, 0) is 0 Å². The van der Waals surface area contributed by atoms with Gasteiger partial charge in [-0.05, 0) is 54.3 Å². The van der Waals surface area contributed by atoms with E-state index in [-0.39, 0.29) is 17.8 Å². The molecular formula is C23H24FN7O2. The van der Waals surface area contributed by atoms with Crippen LogP contribution in [0.25, 0.3) is 10.9 Å². The van der Waals surface area contributed by atoms with Crippen molar-refractivity contribution in [3.8, 4) is 5.75 Å². The zero-order valence-corrected chi connectivity index (χ0v) is 17.9. The number of ether oxygens (including phenoxy) is 1. The number of nitrogens with two attached hydrogens (primary N) is 1. The van der Waals surface area contributed by atoms with E-state index < -0.39 is 6.17 Å². The molecule has 5 rings (SSSR count). The van der Waals surface area contributed by atoms with Gasteiger partial charge in [0.2, 0.25) is 11.9 Å². The Morgan fingerprint density at radius 2 is 2.09 bits per heavy atom. The first-order valence-corrected chi connectivity index (χ1v) is 10.8. The van der Waals surface area contributed by atoms with Crippen LogP contribution in [0.2, 0.25) is 0 Å². The number of nitrogens with one attached hydrogen (secondary N) is 2. The van der Waals surface area contributed by atoms with E-state index in [9.17, 15) is 9.18 Å². The van der Waals surface area contributed by atoms with Crippen molar-refractivity contribution in [2.45, 2.75) is 12.6 Å². The number of carbonyl (C=O) groups excluding carboxylic acids is 1. The summed E-state index contributed by atoms with van der Waals surface area (Å²) in [6.45, 7) is 2.44. The highest BCUT2D eigenvalue weighted by molar-refractivity contribution is 6.00. The summed E-state index contributed by atoms with van der Waals surface area (Å²) >= 11 is 0. The Hall–Kier alpha value is -3.92. The maximum absolute atomic E-state index is 13.2. The third-order valence-electron chi connectivity index (χ3n) is 5.62. The molecule has 4 aromatic rings. The minimum atomic E-state index is -0.727. The number of carbonyl (C=O) groups is 1. The van der Waals surface area contributed by atoms with Crippen LogP contribution in [0.5, 0.6) is 5.75 Å². The van der Waals surface area contributed by atoms with Gasteiger partial charge in [0, 0.05) is 42.6 Å². The Kier molecular flexibility index (Phi) is 5.66. The third-order valence-corrected chi connectivity index (χ3v) is 5.62. The molecule has 3 heterocycles. The van der Waals surface area contributed by atoms with Crippen LogP contribution < -0.4 is 15.8 Å². The van der Waals surface area contributed by atoms with Crippen molar-refractivity contribution >= 4 is 34.4 Å². The molecule has 0 spiro atoms. The highest BCUT2D eigenvalue weighted by Crippen LogP contribution is 2.22. The van der Waals surface area contributed by atoms with Crippen molar-refractivity contribution in [2.75, 3.05) is 37.3 Å². The van der Waals surface area contributed by atoms with E-state index in [0.29, 0.717) is 43.1 Å². The maximum Gasteiger partial charge on any atom is 0.281 e. The number of halogens is 1. The van der Waals surface area contributed by atoms with Crippen LogP contribution in [0.1, 0.15) is 16.8 Å². The second-order valence-corrected chi connectivity index (χ2v) is 7.97. The zero-order valence-electron chi connectivity index (χ0n) is 17.9. The molecule has 4 N–H and O–H groups in total. The molecule has 1 aliphatic heterocycles. The molecule has 0 bridgehead atoms. The molecule has 2 aromatic heterocycles. The van der Waals surface area contributed by atoms with Crippen molar-refractivity contribution in [2.24, 2.45) is 0 Å². The lowest BCUT2D eigenvalue weighted by molar-refractivity contribution is 0.0948. The number of anilines is 3. The second kappa shape index (κ2) is 8.91. The van der Waals surface area contributed by atoms with Gasteiger partial charge in [-0.3, -0.25) is 9.69 Å². The smallest absolute Gasteiger partial charge is 0.281 e. The summed E-state index contributed by atoms with van der Waals surface area (Å²) in [5, 5.41) is 8.15. The number of hydrogen-bond acceptors (Lipinski definition) is 7. The maximum atomic E-state index is 13.2. The minimum Gasteiger partial charge on any atom is -0.492 e. The van der Waals surface area contributed by atoms with E-state index in [1.807, 2.05) is 42.6 Å². The topological polar surface area (TPSA) is 114 Å². The first kappa shape index (κ1) is 21.0. The first-order chi connectivity index (χ1) is 16.0. The molecule has 0 amide bonds. The number of aromatic amines is 1. The predicted octanol–water partition coefficient (Wildman–Crippen LogP) is 3.20. The van der Waals surface area contributed by atoms with Gasteiger partial charge in [0.1, 0.15) is 18.5 Å². The molecule has 9 nitrogen and oxygen atoms in total. The largest absolute Gasteiger partial charge is 0.492 e. The highest BCUT2D eigenvalue weighted by Gasteiger charge is 2.21. The van der Waals surface area contributed by atoms with Crippen LogP contribution in [0.3, 0.4) is 0 Å². The molecule has 10 heteroatoms. The number of fused-ring (bicyclic) bond motifs is 1. The number of likely N-dealkylation sites (tertiary alicyclic amines) is 1. The van der Waals surface area contributed by atoms with E-state index in [0.717, 1.165) is 22.1 Å². The van der Waals surface area contributed by atoms with E-state index in [1.54, 1.807) is 12.1 Å². The lowest BCUT2D eigenvalue weighted by Crippen LogP contribution is -2.26. The average molecular weight is 449 g/mol. The summed E-state index contributed by atoms with van der Waals surface area (Å²) in [5.41, 5.74) is 7.78. The Labute approximate surface area is 189 Å². The van der Waals surface area contributed by atoms with E-state index in [4.69, 9.17) is 10.5 Å². The highest BCUT2D eigenvalue weighted by atomic mass is 19.1. The Bertz CT molecular complexity index is 1270. The van der Waals surface area contributed by atoms with Crippen molar-refractivity contribution in [3.63, 3.8) is 0 Å². The summed E-state index contributed by atoms with van der Waals surface area (Å²) in [6.07, 6.45) is 1.69. The summed E-state index contributed by atoms with van der Waals surface area (Å²) in [5.74, 6) is 0.556. The van der Waals surface area contributed by atoms with Crippen LogP contribution in [-0.4, -0.2) is 63.0 Å². The van der Waals surface area contributed by atoms with Gasteiger partial charge >= 0.3 is 0 Å². The number of benzene rings is 2. The number of nitrogens with zero attached hydrogens (tertiary/aromatic N) is 4. The second-order valence-electron chi connectivity index (χ2n) is 7.97. The van der Waals surface area contributed by atoms with E-state index >= 15 is 0 Å². The number of rotatable bonds is 7. The molecule has 2 aromatic carbocycles. The van der Waals surface area contributed by atoms with Gasteiger partial charge in [0.05, 0.1) is 0 Å². The summed E-state index contributed by atoms with van der Waals surface area (Å²) in [6, 6.07) is 14.6. The molecule has 170 valence electrons. The molecule has 1 fully saturated rings. The van der Waals surface area contributed by atoms with E-state index in [2.05, 4.69) is 25.3 Å². The molecule has 0 saturated carbocycles. The number of aromatic nitrogens is 4. The lowest BCUT2D eigenvalue weighted by atomic mass is 10.1. The summed E-state index contributed by atoms with van der Waals surface area (Å²) < 4.78 is 20.2. The Morgan fingerprint density at radius 1 is 1.24 bits per heavy atom. The minimum absolute atomic E-state index is 0.0100. The van der Waals surface area contributed by atoms with Crippen LogP contribution in [0.15, 0.2) is 54.7 Å². The molecule has 0 aliphatic carbocycles. The summed E-state index contributed by atoms with van der Waals surface area (Å²) in [7, 11) is 0. The van der Waals surface area contributed by atoms with Crippen LogP contribution >= 0.6 is 0 Å².